The van der Waals surface area contributed by atoms with Crippen molar-refractivity contribution in [2.24, 2.45) is 0 Å². The molecule has 6 heteroatoms. The Kier molecular flexibility index (Phi) is 6.70. The molecule has 0 radical (unpaired) electrons. The summed E-state index contributed by atoms with van der Waals surface area (Å²) in [4.78, 5) is 25.8. The molecule has 1 amide bonds. The van der Waals surface area contributed by atoms with Crippen LogP contribution in [0.25, 0.3) is 0 Å². The Bertz CT molecular complexity index is 1030. The van der Waals surface area contributed by atoms with E-state index in [0.29, 0.717) is 29.2 Å². The van der Waals surface area contributed by atoms with Crippen LogP contribution in [0.15, 0.2) is 72.8 Å². The molecule has 2 N–H and O–H groups in total. The zero-order valence-corrected chi connectivity index (χ0v) is 16.8. The molecule has 0 aliphatic heterocycles. The second-order valence-corrected chi connectivity index (χ2v) is 6.59. The van der Waals surface area contributed by atoms with Gasteiger partial charge in [0, 0.05) is 5.56 Å². The van der Waals surface area contributed by atoms with Crippen LogP contribution in [0.4, 0.5) is 5.69 Å². The van der Waals surface area contributed by atoms with Gasteiger partial charge in [-0.1, -0.05) is 54.6 Å². The highest BCUT2D eigenvalue weighted by molar-refractivity contribution is 5.99. The number of hydrogen-bond donors (Lipinski definition) is 2. The molecule has 0 unspecified atom stereocenters. The second-order valence-electron chi connectivity index (χ2n) is 6.59. The Hall–Kier alpha value is -3.80. The summed E-state index contributed by atoms with van der Waals surface area (Å²) in [6.07, 6.45) is -1.21. The fourth-order valence-corrected chi connectivity index (χ4v) is 2.94. The molecule has 0 aliphatic rings. The highest BCUT2D eigenvalue weighted by atomic mass is 16.5. The van der Waals surface area contributed by atoms with Crippen LogP contribution in [0.3, 0.4) is 0 Å². The highest BCUT2D eigenvalue weighted by Crippen LogP contribution is 2.29. The van der Waals surface area contributed by atoms with E-state index in [4.69, 9.17) is 9.47 Å². The van der Waals surface area contributed by atoms with E-state index >= 15 is 0 Å². The number of carbonyl (C=O) groups is 2. The lowest BCUT2D eigenvalue weighted by Gasteiger charge is -2.19. The number of esters is 1. The second kappa shape index (κ2) is 9.60. The Morgan fingerprint density at radius 1 is 0.967 bits per heavy atom. The van der Waals surface area contributed by atoms with Crippen molar-refractivity contribution in [3.8, 4) is 11.5 Å². The summed E-state index contributed by atoms with van der Waals surface area (Å²) in [6.45, 7) is 3.97. The van der Waals surface area contributed by atoms with Gasteiger partial charge in [0.2, 0.25) is 6.10 Å². The number of benzene rings is 3. The molecule has 0 saturated heterocycles. The van der Waals surface area contributed by atoms with E-state index < -0.39 is 18.0 Å². The maximum atomic E-state index is 13.1. The largest absolute Gasteiger partial charge is 0.507 e. The van der Waals surface area contributed by atoms with Crippen molar-refractivity contribution in [3.63, 3.8) is 0 Å². The molecule has 3 aromatic carbocycles. The van der Waals surface area contributed by atoms with Crippen LogP contribution in [0, 0.1) is 6.92 Å². The normalized spacial score (nSPS) is 11.4. The molecular formula is C24H23NO5. The van der Waals surface area contributed by atoms with E-state index in [1.54, 1.807) is 73.7 Å². The van der Waals surface area contributed by atoms with Gasteiger partial charge in [-0.05, 0) is 37.6 Å². The average Bonchev–Trinajstić information content (AvgIpc) is 2.76. The molecule has 154 valence electrons. The fourth-order valence-electron chi connectivity index (χ4n) is 2.94. The minimum Gasteiger partial charge on any atom is -0.507 e. The number of hydrogen-bond acceptors (Lipinski definition) is 5. The molecule has 0 spiro atoms. The molecule has 30 heavy (non-hydrogen) atoms. The number of ether oxygens (including phenoxy) is 2. The monoisotopic (exact) mass is 405 g/mol. The first kappa shape index (κ1) is 20.9. The molecule has 3 aromatic rings. The Morgan fingerprint density at radius 2 is 1.67 bits per heavy atom. The van der Waals surface area contributed by atoms with Crippen LogP contribution >= 0.6 is 0 Å². The molecule has 3 rings (SSSR count). The van der Waals surface area contributed by atoms with Crippen LogP contribution in [-0.4, -0.2) is 23.6 Å². The lowest BCUT2D eigenvalue weighted by molar-refractivity contribution is -0.125. The minimum absolute atomic E-state index is 0.00144. The number of phenolic OH excluding ortho intramolecular Hbond substituents is 1. The Balaban J connectivity index is 1.89. The SMILES string of the molecule is CCOc1ccccc1NC(=O)[C@H](OC(=O)c1cccc(C)c1O)c1ccccc1. The van der Waals surface area contributed by atoms with Crippen LogP contribution in [0.1, 0.15) is 34.5 Å². The zero-order chi connectivity index (χ0) is 21.5. The van der Waals surface area contributed by atoms with Gasteiger partial charge in [0.15, 0.2) is 0 Å². The van der Waals surface area contributed by atoms with Crippen LogP contribution in [-0.2, 0) is 9.53 Å². The summed E-state index contributed by atoms with van der Waals surface area (Å²) in [5, 5.41) is 13.0. The summed E-state index contributed by atoms with van der Waals surface area (Å²) < 4.78 is 11.1. The molecule has 1 atom stereocenters. The van der Waals surface area contributed by atoms with Gasteiger partial charge in [-0.15, -0.1) is 0 Å². The smallest absolute Gasteiger partial charge is 0.343 e. The van der Waals surface area contributed by atoms with Crippen molar-refractivity contribution < 1.29 is 24.2 Å². The van der Waals surface area contributed by atoms with E-state index in [0.717, 1.165) is 0 Å². The summed E-state index contributed by atoms with van der Waals surface area (Å²) in [6, 6.07) is 20.5. The molecule has 0 fully saturated rings. The number of para-hydroxylation sites is 3. The van der Waals surface area contributed by atoms with E-state index in [1.807, 2.05) is 6.92 Å². The number of rotatable bonds is 7. The van der Waals surface area contributed by atoms with E-state index in [-0.39, 0.29) is 11.3 Å². The summed E-state index contributed by atoms with van der Waals surface area (Å²) in [5.74, 6) is -0.980. The standard InChI is InChI=1S/C24H23NO5/c1-3-29-20-15-8-7-14-19(20)25-23(27)22(17-11-5-4-6-12-17)30-24(28)18-13-9-10-16(2)21(18)26/h4-15,22,26H,3H2,1-2H3,(H,25,27)/t22-/m1/s1. The van der Waals surface area contributed by atoms with E-state index in [2.05, 4.69) is 5.32 Å². The van der Waals surface area contributed by atoms with Gasteiger partial charge in [-0.3, -0.25) is 4.79 Å². The number of anilines is 1. The molecule has 0 bridgehead atoms. The lowest BCUT2D eigenvalue weighted by Crippen LogP contribution is -2.26. The Morgan fingerprint density at radius 3 is 2.40 bits per heavy atom. The molecule has 6 nitrogen and oxygen atoms in total. The van der Waals surface area contributed by atoms with Crippen molar-refractivity contribution in [2.75, 3.05) is 11.9 Å². The third-order valence-corrected chi connectivity index (χ3v) is 4.47. The van der Waals surface area contributed by atoms with Gasteiger partial charge in [0.1, 0.15) is 17.1 Å². The first-order valence-electron chi connectivity index (χ1n) is 9.58. The molecular weight excluding hydrogens is 382 g/mol. The van der Waals surface area contributed by atoms with Gasteiger partial charge in [0.25, 0.3) is 5.91 Å². The fraction of sp³-hybridized carbons (Fsp3) is 0.167. The number of aromatic hydroxyl groups is 1. The van der Waals surface area contributed by atoms with Crippen molar-refractivity contribution >= 4 is 17.6 Å². The zero-order valence-electron chi connectivity index (χ0n) is 16.8. The minimum atomic E-state index is -1.21. The van der Waals surface area contributed by atoms with Crippen LogP contribution in [0.5, 0.6) is 11.5 Å². The first-order chi connectivity index (χ1) is 14.5. The predicted molar refractivity (Wildman–Crippen MR) is 114 cm³/mol. The number of nitrogens with one attached hydrogen (secondary N) is 1. The predicted octanol–water partition coefficient (Wildman–Crippen LogP) is 4.64. The number of aryl methyl sites for hydroxylation is 1. The molecule has 0 heterocycles. The number of carbonyl (C=O) groups excluding carboxylic acids is 2. The van der Waals surface area contributed by atoms with Gasteiger partial charge in [0.05, 0.1) is 12.3 Å². The van der Waals surface area contributed by atoms with Gasteiger partial charge in [-0.2, -0.15) is 0 Å². The van der Waals surface area contributed by atoms with Crippen molar-refractivity contribution in [1.29, 1.82) is 0 Å². The number of amides is 1. The quantitative estimate of drug-likeness (QED) is 0.560. The first-order valence-corrected chi connectivity index (χ1v) is 9.58. The maximum Gasteiger partial charge on any atom is 0.343 e. The van der Waals surface area contributed by atoms with Crippen LogP contribution < -0.4 is 10.1 Å². The number of phenols is 1. The van der Waals surface area contributed by atoms with Gasteiger partial charge in [-0.25, -0.2) is 4.79 Å². The Labute approximate surface area is 175 Å². The summed E-state index contributed by atoms with van der Waals surface area (Å²) >= 11 is 0. The highest BCUT2D eigenvalue weighted by Gasteiger charge is 2.27. The van der Waals surface area contributed by atoms with E-state index in [9.17, 15) is 14.7 Å². The summed E-state index contributed by atoms with van der Waals surface area (Å²) in [7, 11) is 0. The van der Waals surface area contributed by atoms with Crippen molar-refractivity contribution in [1.82, 2.24) is 0 Å². The molecule has 0 aliphatic carbocycles. The third kappa shape index (κ3) is 4.78. The van der Waals surface area contributed by atoms with Gasteiger partial charge < -0.3 is 19.9 Å². The van der Waals surface area contributed by atoms with Crippen molar-refractivity contribution in [3.05, 3.63) is 89.5 Å². The van der Waals surface area contributed by atoms with Crippen LogP contribution in [0.2, 0.25) is 0 Å². The third-order valence-electron chi connectivity index (χ3n) is 4.47. The average molecular weight is 405 g/mol. The van der Waals surface area contributed by atoms with E-state index in [1.165, 1.54) is 6.07 Å². The summed E-state index contributed by atoms with van der Waals surface area (Å²) in [5.41, 5.74) is 1.51. The lowest BCUT2D eigenvalue weighted by atomic mass is 10.1. The van der Waals surface area contributed by atoms with Gasteiger partial charge >= 0.3 is 5.97 Å². The molecule has 0 aromatic heterocycles. The molecule has 0 saturated carbocycles. The maximum absolute atomic E-state index is 13.1. The topological polar surface area (TPSA) is 84.9 Å². The van der Waals surface area contributed by atoms with Crippen molar-refractivity contribution in [2.45, 2.75) is 20.0 Å².